The number of aromatic nitrogens is 1. The second kappa shape index (κ2) is 4.95. The van der Waals surface area contributed by atoms with Crippen LogP contribution in [0.1, 0.15) is 31.2 Å². The molecule has 1 heterocycles. The van der Waals surface area contributed by atoms with Crippen molar-refractivity contribution in [3.05, 3.63) is 42.1 Å². The molecule has 3 nitrogen and oxygen atoms in total. The number of carboxylic acids is 1. The second-order valence-corrected chi connectivity index (χ2v) is 4.14. The van der Waals surface area contributed by atoms with Gasteiger partial charge in [-0.1, -0.05) is 31.5 Å². The third-order valence-electron chi connectivity index (χ3n) is 2.89. The number of rotatable bonds is 4. The molecular formula is C14H15NO2. The highest BCUT2D eigenvalue weighted by molar-refractivity contribution is 5.82. The van der Waals surface area contributed by atoms with Crippen LogP contribution in [0.2, 0.25) is 0 Å². The molecule has 2 aromatic rings. The van der Waals surface area contributed by atoms with Crippen LogP contribution in [0.3, 0.4) is 0 Å². The van der Waals surface area contributed by atoms with Gasteiger partial charge < -0.3 is 5.11 Å². The summed E-state index contributed by atoms with van der Waals surface area (Å²) in [6, 6.07) is 9.67. The van der Waals surface area contributed by atoms with E-state index in [0.29, 0.717) is 6.42 Å². The summed E-state index contributed by atoms with van der Waals surface area (Å²) >= 11 is 0. The molecule has 1 N–H and O–H groups in total. The summed E-state index contributed by atoms with van der Waals surface area (Å²) in [5.74, 6) is -1.22. The Kier molecular flexibility index (Phi) is 3.38. The van der Waals surface area contributed by atoms with Crippen LogP contribution in [-0.4, -0.2) is 16.1 Å². The van der Waals surface area contributed by atoms with Gasteiger partial charge in [0, 0.05) is 11.6 Å². The number of carboxylic acid groups (broad SMARTS) is 1. The zero-order valence-corrected chi connectivity index (χ0v) is 9.76. The van der Waals surface area contributed by atoms with Crippen LogP contribution >= 0.6 is 0 Å². The van der Waals surface area contributed by atoms with Gasteiger partial charge in [0.05, 0.1) is 11.4 Å². The zero-order chi connectivity index (χ0) is 12.3. The molecule has 1 unspecified atom stereocenters. The molecule has 88 valence electrons. The van der Waals surface area contributed by atoms with Gasteiger partial charge in [0.1, 0.15) is 0 Å². The van der Waals surface area contributed by atoms with E-state index >= 15 is 0 Å². The van der Waals surface area contributed by atoms with E-state index in [4.69, 9.17) is 0 Å². The van der Waals surface area contributed by atoms with Crippen LogP contribution in [0.4, 0.5) is 0 Å². The minimum Gasteiger partial charge on any atom is -0.481 e. The molecule has 0 amide bonds. The van der Waals surface area contributed by atoms with Crippen molar-refractivity contribution in [2.45, 2.75) is 25.7 Å². The SMILES string of the molecule is CCCC(C(=O)O)c1cnc2ccccc2c1. The molecule has 0 spiro atoms. The molecule has 17 heavy (non-hydrogen) atoms. The van der Waals surface area contributed by atoms with Crippen molar-refractivity contribution in [1.82, 2.24) is 4.98 Å². The summed E-state index contributed by atoms with van der Waals surface area (Å²) in [6.07, 6.45) is 3.18. The third kappa shape index (κ3) is 2.44. The maximum absolute atomic E-state index is 11.2. The van der Waals surface area contributed by atoms with E-state index in [0.717, 1.165) is 22.9 Å². The summed E-state index contributed by atoms with van der Waals surface area (Å²) in [5, 5.41) is 10.2. The quantitative estimate of drug-likeness (QED) is 0.875. The van der Waals surface area contributed by atoms with Gasteiger partial charge in [0.2, 0.25) is 0 Å². The van der Waals surface area contributed by atoms with Gasteiger partial charge in [-0.15, -0.1) is 0 Å². The van der Waals surface area contributed by atoms with Crippen molar-refractivity contribution in [2.24, 2.45) is 0 Å². The van der Waals surface area contributed by atoms with Gasteiger partial charge in [0.15, 0.2) is 0 Å². The number of nitrogens with zero attached hydrogens (tertiary/aromatic N) is 1. The minimum atomic E-state index is -0.774. The van der Waals surface area contributed by atoms with Crippen LogP contribution in [0.25, 0.3) is 10.9 Å². The smallest absolute Gasteiger partial charge is 0.311 e. The topological polar surface area (TPSA) is 50.2 Å². The predicted octanol–water partition coefficient (Wildman–Crippen LogP) is 3.20. The maximum Gasteiger partial charge on any atom is 0.311 e. The van der Waals surface area contributed by atoms with Crippen LogP contribution < -0.4 is 0 Å². The van der Waals surface area contributed by atoms with E-state index in [1.165, 1.54) is 0 Å². The third-order valence-corrected chi connectivity index (χ3v) is 2.89. The van der Waals surface area contributed by atoms with Crippen LogP contribution in [-0.2, 0) is 4.79 Å². The minimum absolute atomic E-state index is 0.447. The van der Waals surface area contributed by atoms with E-state index in [-0.39, 0.29) is 0 Å². The van der Waals surface area contributed by atoms with Gasteiger partial charge in [-0.25, -0.2) is 0 Å². The molecule has 1 atom stereocenters. The first kappa shape index (κ1) is 11.6. The normalized spacial score (nSPS) is 12.5. The number of para-hydroxylation sites is 1. The molecule has 2 rings (SSSR count). The molecule has 0 bridgehead atoms. The Balaban J connectivity index is 2.43. The molecular weight excluding hydrogens is 214 g/mol. The summed E-state index contributed by atoms with van der Waals surface area (Å²) in [7, 11) is 0. The molecule has 1 aromatic carbocycles. The zero-order valence-electron chi connectivity index (χ0n) is 9.76. The van der Waals surface area contributed by atoms with E-state index < -0.39 is 11.9 Å². The largest absolute Gasteiger partial charge is 0.481 e. The number of pyridine rings is 1. The molecule has 0 aliphatic heterocycles. The highest BCUT2D eigenvalue weighted by Gasteiger charge is 2.19. The van der Waals surface area contributed by atoms with E-state index in [1.807, 2.05) is 37.3 Å². The van der Waals surface area contributed by atoms with Gasteiger partial charge >= 0.3 is 5.97 Å². The van der Waals surface area contributed by atoms with Gasteiger partial charge in [-0.05, 0) is 24.1 Å². The lowest BCUT2D eigenvalue weighted by Crippen LogP contribution is -2.11. The van der Waals surface area contributed by atoms with E-state index in [1.54, 1.807) is 6.20 Å². The molecule has 0 saturated carbocycles. The Morgan fingerprint density at radius 1 is 1.41 bits per heavy atom. The Morgan fingerprint density at radius 3 is 2.88 bits per heavy atom. The average Bonchev–Trinajstić information content (AvgIpc) is 2.35. The first-order valence-electron chi connectivity index (χ1n) is 5.80. The number of hydrogen-bond donors (Lipinski definition) is 1. The Bertz CT molecular complexity index is 536. The van der Waals surface area contributed by atoms with Crippen LogP contribution in [0.15, 0.2) is 36.5 Å². The Morgan fingerprint density at radius 2 is 2.18 bits per heavy atom. The van der Waals surface area contributed by atoms with Crippen molar-refractivity contribution in [3.63, 3.8) is 0 Å². The number of fused-ring (bicyclic) bond motifs is 1. The van der Waals surface area contributed by atoms with Gasteiger partial charge in [0.25, 0.3) is 0 Å². The first-order valence-corrected chi connectivity index (χ1v) is 5.80. The standard InChI is InChI=1S/C14H15NO2/c1-2-5-12(14(16)17)11-8-10-6-3-4-7-13(10)15-9-11/h3-4,6-9,12H,2,5H2,1H3,(H,16,17). The number of carbonyl (C=O) groups is 1. The van der Waals surface area contributed by atoms with Crippen LogP contribution in [0, 0.1) is 0 Å². The molecule has 0 radical (unpaired) electrons. The summed E-state index contributed by atoms with van der Waals surface area (Å²) in [6.45, 7) is 1.99. The molecule has 0 fully saturated rings. The lowest BCUT2D eigenvalue weighted by Gasteiger charge is -2.11. The van der Waals surface area contributed by atoms with Gasteiger partial charge in [-0.3, -0.25) is 9.78 Å². The monoisotopic (exact) mass is 229 g/mol. The molecule has 0 aliphatic carbocycles. The molecule has 3 heteroatoms. The molecule has 1 aromatic heterocycles. The predicted molar refractivity (Wildman–Crippen MR) is 67.0 cm³/mol. The Labute approximate surface area is 100 Å². The lowest BCUT2D eigenvalue weighted by molar-refractivity contribution is -0.139. The summed E-state index contributed by atoms with van der Waals surface area (Å²) in [4.78, 5) is 15.5. The van der Waals surface area contributed by atoms with E-state index in [9.17, 15) is 9.90 Å². The van der Waals surface area contributed by atoms with Crippen molar-refractivity contribution in [3.8, 4) is 0 Å². The lowest BCUT2D eigenvalue weighted by atomic mass is 9.95. The molecule has 0 aliphatic rings. The van der Waals surface area contributed by atoms with Gasteiger partial charge in [-0.2, -0.15) is 0 Å². The summed E-state index contributed by atoms with van der Waals surface area (Å²) < 4.78 is 0. The molecule has 0 saturated heterocycles. The number of hydrogen-bond acceptors (Lipinski definition) is 2. The highest BCUT2D eigenvalue weighted by Crippen LogP contribution is 2.23. The first-order chi connectivity index (χ1) is 8.22. The van der Waals surface area contributed by atoms with Crippen molar-refractivity contribution < 1.29 is 9.90 Å². The fraction of sp³-hybridized carbons (Fsp3) is 0.286. The number of aliphatic carboxylic acids is 1. The van der Waals surface area contributed by atoms with E-state index in [2.05, 4.69) is 4.98 Å². The average molecular weight is 229 g/mol. The maximum atomic E-state index is 11.2. The fourth-order valence-electron chi connectivity index (χ4n) is 2.00. The Hall–Kier alpha value is -1.90. The van der Waals surface area contributed by atoms with Crippen LogP contribution in [0.5, 0.6) is 0 Å². The highest BCUT2D eigenvalue weighted by atomic mass is 16.4. The summed E-state index contributed by atoms with van der Waals surface area (Å²) in [5.41, 5.74) is 1.69. The fourth-order valence-corrected chi connectivity index (χ4v) is 2.00. The number of benzene rings is 1. The van der Waals surface area contributed by atoms with Crippen molar-refractivity contribution in [2.75, 3.05) is 0 Å². The van der Waals surface area contributed by atoms with Crippen molar-refractivity contribution in [1.29, 1.82) is 0 Å². The van der Waals surface area contributed by atoms with Crippen molar-refractivity contribution >= 4 is 16.9 Å². The second-order valence-electron chi connectivity index (χ2n) is 4.14.